The van der Waals surface area contributed by atoms with Crippen LogP contribution < -0.4 is 0 Å². The Kier molecular flexibility index (Phi) is 4.70. The van der Waals surface area contributed by atoms with E-state index in [9.17, 15) is 61.1 Å². The molecule has 158 valence electrons. The molecule has 1 saturated heterocycles. The van der Waals surface area contributed by atoms with Crippen molar-refractivity contribution in [3.63, 3.8) is 0 Å². The van der Waals surface area contributed by atoms with Crippen LogP contribution in [0.15, 0.2) is 0 Å². The van der Waals surface area contributed by atoms with E-state index < -0.39 is 48.4 Å². The van der Waals surface area contributed by atoms with E-state index in [4.69, 9.17) is 0 Å². The summed E-state index contributed by atoms with van der Waals surface area (Å²) < 4.78 is 188. The molecule has 1 heterocycles. The third-order valence-electron chi connectivity index (χ3n) is 3.29. The van der Waals surface area contributed by atoms with Gasteiger partial charge in [0.05, 0.1) is 0 Å². The van der Waals surface area contributed by atoms with Crippen LogP contribution in [0.5, 0.6) is 0 Å². The fraction of sp³-hybridized carbons (Fsp3) is 1.00. The molecule has 0 unspecified atom stereocenters. The first kappa shape index (κ1) is 23.4. The van der Waals surface area contributed by atoms with Gasteiger partial charge in [-0.2, -0.15) is 0 Å². The molecule has 26 heavy (non-hydrogen) atoms. The van der Waals surface area contributed by atoms with Crippen LogP contribution in [0.2, 0.25) is 0 Å². The molecule has 0 saturated carbocycles. The van der Waals surface area contributed by atoms with Crippen molar-refractivity contribution in [1.29, 1.82) is 0 Å². The second kappa shape index (κ2) is 5.23. The first-order valence-corrected chi connectivity index (χ1v) is 7.53. The molecule has 0 radical (unpaired) electrons. The summed E-state index contributed by atoms with van der Waals surface area (Å²) in [4.78, 5) is 0. The number of hydrogen-bond donors (Lipinski definition) is 0. The maximum atomic E-state index is 14.2. The zero-order valence-corrected chi connectivity index (χ0v) is 12.9. The van der Waals surface area contributed by atoms with E-state index in [2.05, 4.69) is 9.05 Å². The molecular weight excluding hydrogens is 439 g/mol. The third kappa shape index (κ3) is 2.64. The fourth-order valence-electron chi connectivity index (χ4n) is 2.08. The van der Waals surface area contributed by atoms with Crippen LogP contribution in [0.3, 0.4) is 0 Å². The van der Waals surface area contributed by atoms with Crippen LogP contribution in [0.4, 0.5) is 61.1 Å². The van der Waals surface area contributed by atoms with Crippen LogP contribution in [0, 0.1) is 0 Å². The summed E-state index contributed by atoms with van der Waals surface area (Å²) in [7, 11) is -9.14. The molecule has 18 heteroatoms. The van der Waals surface area contributed by atoms with Gasteiger partial charge in [0.25, 0.3) is 0 Å². The molecule has 1 aliphatic rings. The van der Waals surface area contributed by atoms with Gasteiger partial charge in [0.15, 0.2) is 0 Å². The van der Waals surface area contributed by atoms with Gasteiger partial charge in [-0.3, -0.25) is 0 Å². The number of hydrogen-bond acceptors (Lipinski definition) is 3. The summed E-state index contributed by atoms with van der Waals surface area (Å²) in [6.45, 7) is 0. The van der Waals surface area contributed by atoms with E-state index in [1.807, 2.05) is 0 Å². The second-order valence-electron chi connectivity index (χ2n) is 5.11. The van der Waals surface area contributed by atoms with Gasteiger partial charge >= 0.3 is 133 Å². The Morgan fingerprint density at radius 1 is 0.577 bits per heavy atom. The Hall–Kier alpha value is -0.670. The van der Waals surface area contributed by atoms with E-state index >= 15 is 0 Å². The van der Waals surface area contributed by atoms with Crippen molar-refractivity contribution in [2.24, 2.45) is 0 Å². The molecule has 0 spiro atoms. The molecular formula is C8H6F14NO2P. The quantitative estimate of drug-likeness (QED) is 0.399. The Morgan fingerprint density at radius 2 is 0.769 bits per heavy atom. The van der Waals surface area contributed by atoms with Gasteiger partial charge in [0, 0.05) is 0 Å². The van der Waals surface area contributed by atoms with Crippen molar-refractivity contribution in [2.45, 2.75) is 35.9 Å². The number of nitrogens with zero attached hydrogens (tertiary/aromatic N) is 1. The molecule has 0 aromatic carbocycles. The summed E-state index contributed by atoms with van der Waals surface area (Å²) in [5, 5.41) is 0. The molecule has 0 amide bonds. The summed E-state index contributed by atoms with van der Waals surface area (Å²) >= 11 is 0. The molecule has 1 aliphatic heterocycles. The molecule has 0 aromatic rings. The Labute approximate surface area is 134 Å². The third-order valence-corrected chi connectivity index (χ3v) is 5.68. The van der Waals surface area contributed by atoms with Crippen LogP contribution in [0.1, 0.15) is 0 Å². The van der Waals surface area contributed by atoms with E-state index in [1.54, 1.807) is 0 Å². The first-order chi connectivity index (χ1) is 10.9. The molecule has 0 N–H and O–H groups in total. The minimum atomic E-state index is -8.92. The normalized spacial score (nSPS) is 27.2. The average Bonchev–Trinajstić information content (AvgIpc) is 2.55. The van der Waals surface area contributed by atoms with Crippen molar-refractivity contribution in [3.05, 3.63) is 0 Å². The summed E-state index contributed by atoms with van der Waals surface area (Å²) in [6, 6.07) is 0. The zero-order chi connectivity index (χ0) is 21.4. The van der Waals surface area contributed by atoms with E-state index in [0.717, 1.165) is 0 Å². The summed E-state index contributed by atoms with van der Waals surface area (Å²) in [6.07, 6.45) is -30.7. The van der Waals surface area contributed by atoms with Crippen LogP contribution in [-0.4, -0.2) is 54.7 Å². The van der Waals surface area contributed by atoms with Crippen LogP contribution in [-0.2, 0) is 9.05 Å². The van der Waals surface area contributed by atoms with Gasteiger partial charge in [-0.05, 0) is 0 Å². The van der Waals surface area contributed by atoms with Gasteiger partial charge in [-0.15, -0.1) is 0 Å². The summed E-state index contributed by atoms with van der Waals surface area (Å²) in [5.74, 6) is 0. The molecule has 3 nitrogen and oxygen atoms in total. The first-order valence-electron chi connectivity index (χ1n) is 5.72. The number of halogens is 14. The topological polar surface area (TPSA) is 21.7 Å². The average molecular weight is 445 g/mol. The zero-order valence-electron chi connectivity index (χ0n) is 12.0. The Balaban J connectivity index is 4.25. The SMILES string of the molecule is CN(C)P1(F)(F)OC(C(F)(F)F)(C(F)(F)F)C(C(F)(F)F)(C(F)(F)F)O1. The molecule has 0 bridgehead atoms. The minimum absolute atomic E-state index is 0.113. The van der Waals surface area contributed by atoms with Crippen LogP contribution >= 0.6 is 7.83 Å². The second-order valence-corrected chi connectivity index (χ2v) is 7.74. The predicted octanol–water partition coefficient (Wildman–Crippen LogP) is 5.39. The monoisotopic (exact) mass is 445 g/mol. The van der Waals surface area contributed by atoms with E-state index in [0.29, 0.717) is 0 Å². The molecule has 0 atom stereocenters. The van der Waals surface area contributed by atoms with Gasteiger partial charge in [0.2, 0.25) is 0 Å². The Bertz CT molecular complexity index is 499. The molecule has 1 rings (SSSR count). The van der Waals surface area contributed by atoms with Crippen molar-refractivity contribution in [2.75, 3.05) is 14.1 Å². The van der Waals surface area contributed by atoms with E-state index in [1.165, 1.54) is 0 Å². The van der Waals surface area contributed by atoms with E-state index in [-0.39, 0.29) is 14.1 Å². The van der Waals surface area contributed by atoms with Crippen molar-refractivity contribution < 1.29 is 70.1 Å². The fourth-order valence-corrected chi connectivity index (χ4v) is 4.00. The molecule has 0 aliphatic carbocycles. The number of rotatable bonds is 1. The number of alkyl halides is 12. The van der Waals surface area contributed by atoms with Crippen LogP contribution in [0.25, 0.3) is 0 Å². The van der Waals surface area contributed by atoms with Crippen molar-refractivity contribution >= 4 is 7.83 Å². The van der Waals surface area contributed by atoms with Gasteiger partial charge in [-0.25, -0.2) is 0 Å². The van der Waals surface area contributed by atoms with Crippen molar-refractivity contribution in [1.82, 2.24) is 4.67 Å². The van der Waals surface area contributed by atoms with Gasteiger partial charge < -0.3 is 0 Å². The van der Waals surface area contributed by atoms with Gasteiger partial charge in [-0.1, -0.05) is 0 Å². The Morgan fingerprint density at radius 3 is 0.885 bits per heavy atom. The predicted molar refractivity (Wildman–Crippen MR) is 54.7 cm³/mol. The van der Waals surface area contributed by atoms with Crippen molar-refractivity contribution in [3.8, 4) is 0 Å². The molecule has 1 fully saturated rings. The standard InChI is InChI=1S/C8H6F14NO2P/c1-23(2)26(21,22)24-3(5(9,10)11,6(12,13)14)4(25-26,7(15,16)17)8(18,19)20/h1-2H3. The van der Waals surface area contributed by atoms with Gasteiger partial charge in [0.1, 0.15) is 0 Å². The maximum absolute atomic E-state index is 14.2. The molecule has 0 aromatic heterocycles. The summed E-state index contributed by atoms with van der Waals surface area (Å²) in [5.41, 5.74) is -15.0.